The van der Waals surface area contributed by atoms with Crippen molar-refractivity contribution in [3.05, 3.63) is 83.3 Å². The summed E-state index contributed by atoms with van der Waals surface area (Å²) in [6.07, 6.45) is 4.68. The van der Waals surface area contributed by atoms with Crippen molar-refractivity contribution in [1.82, 2.24) is 9.97 Å². The zero-order valence-electron chi connectivity index (χ0n) is 15.4. The molecule has 0 unspecified atom stereocenters. The standard InChI is InChI=1S/C21H16N4O3S/c1-13-18(25-21(29-13)17-6-3-11-28-17)20(27)24-16-5-2-4-15(12-16)23-19(26)14-7-9-22-10-8-14/h2-12H,1H3,(H,23,26)(H,24,27). The number of rotatable bonds is 5. The Kier molecular flexibility index (Phi) is 5.17. The number of nitrogens with zero attached hydrogens (tertiary/aromatic N) is 2. The van der Waals surface area contributed by atoms with Crippen LogP contribution in [0, 0.1) is 6.92 Å². The monoisotopic (exact) mass is 404 g/mol. The van der Waals surface area contributed by atoms with Gasteiger partial charge in [0.1, 0.15) is 5.69 Å². The number of benzene rings is 1. The fourth-order valence-corrected chi connectivity index (χ4v) is 3.56. The van der Waals surface area contributed by atoms with E-state index in [1.165, 1.54) is 11.3 Å². The Morgan fingerprint density at radius 2 is 1.69 bits per heavy atom. The van der Waals surface area contributed by atoms with Crippen LogP contribution in [0.5, 0.6) is 0 Å². The Bertz CT molecular complexity index is 1150. The molecule has 3 heterocycles. The van der Waals surface area contributed by atoms with E-state index in [9.17, 15) is 9.59 Å². The van der Waals surface area contributed by atoms with Crippen molar-refractivity contribution >= 4 is 34.5 Å². The molecule has 8 heteroatoms. The third-order valence-electron chi connectivity index (χ3n) is 4.06. The highest BCUT2D eigenvalue weighted by molar-refractivity contribution is 7.15. The van der Waals surface area contributed by atoms with Crippen molar-refractivity contribution in [2.45, 2.75) is 6.92 Å². The molecule has 0 fully saturated rings. The highest BCUT2D eigenvalue weighted by Crippen LogP contribution is 2.28. The number of nitrogens with one attached hydrogen (secondary N) is 2. The largest absolute Gasteiger partial charge is 0.462 e. The van der Waals surface area contributed by atoms with Gasteiger partial charge in [-0.25, -0.2) is 4.98 Å². The molecule has 0 spiro atoms. The van der Waals surface area contributed by atoms with Gasteiger partial charge in [0.25, 0.3) is 11.8 Å². The fraction of sp³-hybridized carbons (Fsp3) is 0.0476. The lowest BCUT2D eigenvalue weighted by atomic mass is 10.2. The number of hydrogen-bond acceptors (Lipinski definition) is 6. The minimum atomic E-state index is -0.325. The Labute approximate surface area is 170 Å². The Hall–Kier alpha value is -3.78. The van der Waals surface area contributed by atoms with Gasteiger partial charge in [0.2, 0.25) is 0 Å². The number of anilines is 2. The van der Waals surface area contributed by atoms with Gasteiger partial charge in [0.15, 0.2) is 10.8 Å². The number of aromatic nitrogens is 2. The van der Waals surface area contributed by atoms with E-state index < -0.39 is 0 Å². The smallest absolute Gasteiger partial charge is 0.275 e. The third kappa shape index (κ3) is 4.22. The molecule has 3 aromatic heterocycles. The molecule has 144 valence electrons. The van der Waals surface area contributed by atoms with Crippen LogP contribution in [0.25, 0.3) is 10.8 Å². The average Bonchev–Trinajstić information content (AvgIpc) is 3.38. The topological polar surface area (TPSA) is 97.1 Å². The summed E-state index contributed by atoms with van der Waals surface area (Å²) in [7, 11) is 0. The van der Waals surface area contributed by atoms with Gasteiger partial charge in [-0.05, 0) is 49.4 Å². The number of carbonyl (C=O) groups excluding carboxylic acids is 2. The Balaban J connectivity index is 1.48. The fourth-order valence-electron chi connectivity index (χ4n) is 2.68. The van der Waals surface area contributed by atoms with Crippen molar-refractivity contribution in [2.24, 2.45) is 0 Å². The van der Waals surface area contributed by atoms with E-state index in [0.29, 0.717) is 33.4 Å². The molecule has 2 amide bonds. The maximum Gasteiger partial charge on any atom is 0.275 e. The van der Waals surface area contributed by atoms with Crippen LogP contribution in [-0.4, -0.2) is 21.8 Å². The molecular weight excluding hydrogens is 388 g/mol. The molecule has 0 atom stereocenters. The van der Waals surface area contributed by atoms with Gasteiger partial charge >= 0.3 is 0 Å². The van der Waals surface area contributed by atoms with E-state index in [4.69, 9.17) is 4.42 Å². The summed E-state index contributed by atoms with van der Waals surface area (Å²) in [6, 6.07) is 13.8. The highest BCUT2D eigenvalue weighted by Gasteiger charge is 2.18. The van der Waals surface area contributed by atoms with Crippen LogP contribution in [-0.2, 0) is 0 Å². The molecule has 0 aliphatic carbocycles. The molecule has 29 heavy (non-hydrogen) atoms. The number of amides is 2. The summed E-state index contributed by atoms with van der Waals surface area (Å²) < 4.78 is 5.35. The number of carbonyl (C=O) groups is 2. The van der Waals surface area contributed by atoms with E-state index in [1.807, 2.05) is 6.92 Å². The first-order chi connectivity index (χ1) is 14.1. The minimum absolute atomic E-state index is 0.255. The molecule has 0 radical (unpaired) electrons. The Morgan fingerprint density at radius 3 is 2.38 bits per heavy atom. The van der Waals surface area contributed by atoms with E-state index >= 15 is 0 Å². The summed E-state index contributed by atoms with van der Waals surface area (Å²) in [5.41, 5.74) is 1.95. The van der Waals surface area contributed by atoms with Crippen molar-refractivity contribution in [3.63, 3.8) is 0 Å². The molecule has 1 aromatic carbocycles. The van der Waals surface area contributed by atoms with Crippen molar-refractivity contribution in [3.8, 4) is 10.8 Å². The predicted octanol–water partition coefficient (Wildman–Crippen LogP) is 4.61. The average molecular weight is 404 g/mol. The van der Waals surface area contributed by atoms with Crippen LogP contribution in [0.2, 0.25) is 0 Å². The van der Waals surface area contributed by atoms with E-state index in [2.05, 4.69) is 20.6 Å². The molecule has 0 bridgehead atoms. The van der Waals surface area contributed by atoms with Crippen LogP contribution in [0.15, 0.2) is 71.6 Å². The van der Waals surface area contributed by atoms with Crippen LogP contribution in [0.3, 0.4) is 0 Å². The lowest BCUT2D eigenvalue weighted by Crippen LogP contribution is -2.15. The number of pyridine rings is 1. The maximum atomic E-state index is 12.7. The van der Waals surface area contributed by atoms with Gasteiger partial charge in [0.05, 0.1) is 6.26 Å². The molecule has 0 aliphatic heterocycles. The van der Waals surface area contributed by atoms with Crippen molar-refractivity contribution in [2.75, 3.05) is 10.6 Å². The third-order valence-corrected chi connectivity index (χ3v) is 5.05. The van der Waals surface area contributed by atoms with Crippen molar-refractivity contribution in [1.29, 1.82) is 0 Å². The zero-order chi connectivity index (χ0) is 20.2. The predicted molar refractivity (Wildman–Crippen MR) is 111 cm³/mol. The van der Waals surface area contributed by atoms with Crippen LogP contribution in [0.1, 0.15) is 25.7 Å². The zero-order valence-corrected chi connectivity index (χ0v) is 16.2. The first-order valence-electron chi connectivity index (χ1n) is 8.74. The molecule has 4 rings (SSSR count). The molecule has 7 nitrogen and oxygen atoms in total. The van der Waals surface area contributed by atoms with Gasteiger partial charge in [-0.1, -0.05) is 6.07 Å². The summed E-state index contributed by atoms with van der Waals surface area (Å²) in [6.45, 7) is 1.84. The van der Waals surface area contributed by atoms with Gasteiger partial charge < -0.3 is 15.1 Å². The SMILES string of the molecule is Cc1sc(-c2ccco2)nc1C(=O)Nc1cccc(NC(=O)c2ccncc2)c1. The van der Waals surface area contributed by atoms with E-state index in [-0.39, 0.29) is 11.8 Å². The maximum absolute atomic E-state index is 12.7. The van der Waals surface area contributed by atoms with E-state index in [0.717, 1.165) is 4.88 Å². The molecule has 0 aliphatic rings. The number of furan rings is 1. The van der Waals surface area contributed by atoms with Crippen LogP contribution < -0.4 is 10.6 Å². The normalized spacial score (nSPS) is 10.5. The molecule has 0 saturated carbocycles. The molecular formula is C21H16N4O3S. The summed E-state index contributed by atoms with van der Waals surface area (Å²) in [5, 5.41) is 6.28. The second-order valence-corrected chi connectivity index (χ2v) is 7.33. The lowest BCUT2D eigenvalue weighted by Gasteiger charge is -2.08. The molecule has 2 N–H and O–H groups in total. The lowest BCUT2D eigenvalue weighted by molar-refractivity contribution is 0.101. The quantitative estimate of drug-likeness (QED) is 0.506. The van der Waals surface area contributed by atoms with Gasteiger partial charge in [-0.3, -0.25) is 14.6 Å². The second-order valence-electron chi connectivity index (χ2n) is 6.13. The summed E-state index contributed by atoms with van der Waals surface area (Å²) >= 11 is 1.39. The van der Waals surface area contributed by atoms with Crippen LogP contribution >= 0.6 is 11.3 Å². The van der Waals surface area contributed by atoms with Gasteiger partial charge in [-0.15, -0.1) is 11.3 Å². The number of hydrogen-bond donors (Lipinski definition) is 2. The van der Waals surface area contributed by atoms with Gasteiger partial charge in [0, 0.05) is 34.2 Å². The number of thiazole rings is 1. The molecule has 4 aromatic rings. The van der Waals surface area contributed by atoms with Crippen LogP contribution in [0.4, 0.5) is 11.4 Å². The summed E-state index contributed by atoms with van der Waals surface area (Å²) in [4.78, 5) is 34.0. The Morgan fingerprint density at radius 1 is 0.966 bits per heavy atom. The van der Waals surface area contributed by atoms with Gasteiger partial charge in [-0.2, -0.15) is 0 Å². The minimum Gasteiger partial charge on any atom is -0.462 e. The summed E-state index contributed by atoms with van der Waals surface area (Å²) in [5.74, 6) is 0.0430. The first kappa shape index (κ1) is 18.6. The van der Waals surface area contributed by atoms with E-state index in [1.54, 1.807) is 67.2 Å². The second kappa shape index (κ2) is 8.07. The molecule has 0 saturated heterocycles. The highest BCUT2D eigenvalue weighted by atomic mass is 32.1. The first-order valence-corrected chi connectivity index (χ1v) is 9.56. The number of aryl methyl sites for hydroxylation is 1. The van der Waals surface area contributed by atoms with Crippen molar-refractivity contribution < 1.29 is 14.0 Å².